The second-order valence-corrected chi connectivity index (χ2v) is 5.75. The second kappa shape index (κ2) is 6.34. The van der Waals surface area contributed by atoms with Crippen LogP contribution in [0.4, 0.5) is 0 Å². The van der Waals surface area contributed by atoms with E-state index >= 15 is 0 Å². The molecular weight excluding hydrogens is 290 g/mol. The summed E-state index contributed by atoms with van der Waals surface area (Å²) in [7, 11) is 0. The van der Waals surface area contributed by atoms with Gasteiger partial charge in [0.05, 0.1) is 5.69 Å². The zero-order valence-corrected chi connectivity index (χ0v) is 12.9. The van der Waals surface area contributed by atoms with E-state index in [1.807, 2.05) is 22.9 Å². The van der Waals surface area contributed by atoms with Gasteiger partial charge in [-0.15, -0.1) is 0 Å². The topological polar surface area (TPSA) is 64.9 Å². The number of nitrogens with zero attached hydrogens (tertiary/aromatic N) is 4. The molecule has 3 aromatic rings. The maximum Gasteiger partial charge on any atom is 0.182 e. The van der Waals surface area contributed by atoms with E-state index < -0.39 is 0 Å². The van der Waals surface area contributed by atoms with Crippen LogP contribution in [-0.4, -0.2) is 32.5 Å². The molecule has 0 aliphatic carbocycles. The Bertz CT molecular complexity index is 780. The van der Waals surface area contributed by atoms with E-state index in [9.17, 15) is 0 Å². The van der Waals surface area contributed by atoms with Gasteiger partial charge in [0.1, 0.15) is 24.4 Å². The molecule has 23 heavy (non-hydrogen) atoms. The maximum atomic E-state index is 5.72. The molecule has 6 heteroatoms. The molecule has 0 saturated carbocycles. The van der Waals surface area contributed by atoms with Crippen LogP contribution in [-0.2, 0) is 11.2 Å². The monoisotopic (exact) mass is 309 g/mol. The van der Waals surface area contributed by atoms with Crippen molar-refractivity contribution in [3.8, 4) is 0 Å². The number of fused-ring (bicyclic) bond motifs is 1. The fourth-order valence-corrected chi connectivity index (χ4v) is 2.89. The van der Waals surface area contributed by atoms with E-state index in [4.69, 9.17) is 4.74 Å². The largest absolute Gasteiger partial charge is 0.357 e. The lowest BCUT2D eigenvalue weighted by Gasteiger charge is -2.24. The minimum atomic E-state index is 0.0219. The van der Waals surface area contributed by atoms with Crippen LogP contribution in [0, 0.1) is 0 Å². The first-order chi connectivity index (χ1) is 11.4. The van der Waals surface area contributed by atoms with Crippen LogP contribution >= 0.6 is 0 Å². The third-order valence-corrected chi connectivity index (χ3v) is 4.09. The number of imidazole rings is 1. The van der Waals surface area contributed by atoms with Crippen molar-refractivity contribution in [2.45, 2.75) is 31.9 Å². The van der Waals surface area contributed by atoms with E-state index in [0.29, 0.717) is 0 Å². The Balaban J connectivity index is 1.61. The highest BCUT2D eigenvalue weighted by molar-refractivity contribution is 5.73. The summed E-state index contributed by atoms with van der Waals surface area (Å²) in [5.74, 6) is 0. The van der Waals surface area contributed by atoms with Crippen LogP contribution in [0.25, 0.3) is 11.2 Å². The van der Waals surface area contributed by atoms with Gasteiger partial charge in [-0.05, 0) is 24.8 Å². The normalized spacial score (nSPS) is 18.2. The quantitative estimate of drug-likeness (QED) is 0.802. The third kappa shape index (κ3) is 3.03. The molecule has 0 amide bonds. The summed E-state index contributed by atoms with van der Waals surface area (Å²) in [6, 6.07) is 10.3. The summed E-state index contributed by atoms with van der Waals surface area (Å²) in [6.07, 6.45) is 7.44. The molecule has 1 aliphatic heterocycles. The number of hydrogen-bond donors (Lipinski definition) is 1. The predicted molar refractivity (Wildman–Crippen MR) is 87.5 cm³/mol. The number of hydrogen-bond acceptors (Lipinski definition) is 5. The molecule has 0 radical (unpaired) electrons. The number of aromatic nitrogens is 4. The molecule has 1 atom stereocenters. The summed E-state index contributed by atoms with van der Waals surface area (Å²) in [6.45, 7) is 0.804. The molecule has 1 unspecified atom stereocenters. The molecule has 4 rings (SSSR count). The predicted octanol–water partition coefficient (Wildman–Crippen LogP) is 2.49. The van der Waals surface area contributed by atoms with Crippen LogP contribution < -0.4 is 5.43 Å². The average Bonchev–Trinajstić information content (AvgIpc) is 3.01. The van der Waals surface area contributed by atoms with E-state index in [1.54, 1.807) is 12.7 Å². The van der Waals surface area contributed by atoms with Gasteiger partial charge in [-0.1, -0.05) is 30.3 Å². The molecule has 3 heterocycles. The number of ether oxygens (including phenoxy) is 1. The number of benzene rings is 1. The lowest BCUT2D eigenvalue weighted by atomic mass is 10.1. The zero-order valence-electron chi connectivity index (χ0n) is 12.9. The Hall–Kier alpha value is -2.47. The summed E-state index contributed by atoms with van der Waals surface area (Å²) >= 11 is 0. The summed E-state index contributed by atoms with van der Waals surface area (Å²) in [4.78, 5) is 13.3. The lowest BCUT2D eigenvalue weighted by molar-refractivity contribution is 0.0266. The van der Waals surface area contributed by atoms with Crippen molar-refractivity contribution in [2.75, 3.05) is 12.0 Å². The fourth-order valence-electron chi connectivity index (χ4n) is 2.89. The maximum absolute atomic E-state index is 5.72. The van der Waals surface area contributed by atoms with Crippen molar-refractivity contribution in [3.63, 3.8) is 0 Å². The molecule has 0 bridgehead atoms. The Kier molecular flexibility index (Phi) is 3.90. The van der Waals surface area contributed by atoms with Crippen LogP contribution in [0.3, 0.4) is 0 Å². The van der Waals surface area contributed by atoms with Crippen molar-refractivity contribution >= 4 is 11.2 Å². The standard InChI is InChI=1S/C17H19N5O/c1-2-6-13(7-3-1)10-14-16-17(19-11-18-14)22(12-20-16)21-15-8-4-5-9-23-15/h1-3,6-7,11-12,15,21H,4-5,8-10H2. The molecule has 118 valence electrons. The second-order valence-electron chi connectivity index (χ2n) is 5.75. The Morgan fingerprint density at radius 2 is 2.04 bits per heavy atom. The molecule has 1 fully saturated rings. The van der Waals surface area contributed by atoms with Crippen molar-refractivity contribution in [2.24, 2.45) is 0 Å². The van der Waals surface area contributed by atoms with Gasteiger partial charge in [0, 0.05) is 13.0 Å². The first-order valence-electron chi connectivity index (χ1n) is 7.99. The molecule has 1 aliphatic rings. The Morgan fingerprint density at radius 1 is 1.13 bits per heavy atom. The van der Waals surface area contributed by atoms with Crippen LogP contribution in [0.2, 0.25) is 0 Å². The minimum absolute atomic E-state index is 0.0219. The lowest BCUT2D eigenvalue weighted by Crippen LogP contribution is -2.33. The molecule has 2 aromatic heterocycles. The Morgan fingerprint density at radius 3 is 2.87 bits per heavy atom. The van der Waals surface area contributed by atoms with Crippen LogP contribution in [0.1, 0.15) is 30.5 Å². The van der Waals surface area contributed by atoms with Gasteiger partial charge in [0.15, 0.2) is 5.65 Å². The van der Waals surface area contributed by atoms with Gasteiger partial charge in [0.2, 0.25) is 0 Å². The highest BCUT2D eigenvalue weighted by Crippen LogP contribution is 2.17. The average molecular weight is 309 g/mol. The zero-order chi connectivity index (χ0) is 15.5. The SMILES string of the molecule is c1ccc(Cc2ncnc3c2ncn3NC2CCCCO2)cc1. The minimum Gasteiger partial charge on any atom is -0.357 e. The van der Waals surface area contributed by atoms with Crippen molar-refractivity contribution in [1.29, 1.82) is 0 Å². The first-order valence-corrected chi connectivity index (χ1v) is 7.99. The van der Waals surface area contributed by atoms with Gasteiger partial charge in [-0.2, -0.15) is 0 Å². The summed E-state index contributed by atoms with van der Waals surface area (Å²) < 4.78 is 7.57. The van der Waals surface area contributed by atoms with E-state index in [0.717, 1.165) is 42.7 Å². The van der Waals surface area contributed by atoms with Crippen molar-refractivity contribution < 1.29 is 4.74 Å². The van der Waals surface area contributed by atoms with E-state index in [2.05, 4.69) is 32.5 Å². The van der Waals surface area contributed by atoms with Crippen molar-refractivity contribution in [3.05, 3.63) is 54.2 Å². The molecular formula is C17H19N5O. The van der Waals surface area contributed by atoms with Gasteiger partial charge in [-0.3, -0.25) is 5.43 Å². The van der Waals surface area contributed by atoms with Gasteiger partial charge in [-0.25, -0.2) is 19.6 Å². The Labute approximate surface area is 134 Å². The molecule has 1 aromatic carbocycles. The number of nitrogens with one attached hydrogen (secondary N) is 1. The van der Waals surface area contributed by atoms with Crippen LogP contribution in [0.5, 0.6) is 0 Å². The number of rotatable bonds is 4. The van der Waals surface area contributed by atoms with E-state index in [-0.39, 0.29) is 6.23 Å². The molecule has 6 nitrogen and oxygen atoms in total. The summed E-state index contributed by atoms with van der Waals surface area (Å²) in [5, 5.41) is 0. The smallest absolute Gasteiger partial charge is 0.182 e. The highest BCUT2D eigenvalue weighted by atomic mass is 16.5. The van der Waals surface area contributed by atoms with E-state index in [1.165, 1.54) is 12.0 Å². The molecule has 0 spiro atoms. The molecule has 1 N–H and O–H groups in total. The van der Waals surface area contributed by atoms with Gasteiger partial charge in [0.25, 0.3) is 0 Å². The molecule has 1 saturated heterocycles. The highest BCUT2D eigenvalue weighted by Gasteiger charge is 2.16. The fraction of sp³-hybridized carbons (Fsp3) is 0.353. The summed E-state index contributed by atoms with van der Waals surface area (Å²) in [5.41, 5.74) is 7.11. The van der Waals surface area contributed by atoms with Crippen molar-refractivity contribution in [1.82, 2.24) is 19.6 Å². The van der Waals surface area contributed by atoms with Gasteiger partial charge >= 0.3 is 0 Å². The van der Waals surface area contributed by atoms with Crippen LogP contribution in [0.15, 0.2) is 43.0 Å². The first kappa shape index (κ1) is 14.1. The third-order valence-electron chi connectivity index (χ3n) is 4.09. The van der Waals surface area contributed by atoms with Gasteiger partial charge < -0.3 is 4.74 Å².